The molecular formula is C23H28N6O2S. The van der Waals surface area contributed by atoms with Gasteiger partial charge in [-0.3, -0.25) is 9.36 Å². The molecule has 9 heteroatoms. The quantitative estimate of drug-likeness (QED) is 0.593. The molecule has 1 amide bonds. The second kappa shape index (κ2) is 9.20. The molecule has 0 N–H and O–H groups in total. The summed E-state index contributed by atoms with van der Waals surface area (Å²) in [6.07, 6.45) is 5.88. The lowest BCUT2D eigenvalue weighted by Gasteiger charge is -2.39. The molecule has 1 aromatic carbocycles. The topological polar surface area (TPSA) is 66.7 Å². The van der Waals surface area contributed by atoms with Crippen LogP contribution in [-0.2, 0) is 4.79 Å². The van der Waals surface area contributed by atoms with E-state index in [9.17, 15) is 4.79 Å². The van der Waals surface area contributed by atoms with E-state index in [1.807, 2.05) is 46.1 Å². The van der Waals surface area contributed by atoms with E-state index in [-0.39, 0.29) is 11.8 Å². The van der Waals surface area contributed by atoms with Crippen molar-refractivity contribution < 1.29 is 9.53 Å². The molecule has 0 spiro atoms. The number of hydrogen-bond donors (Lipinski definition) is 0. The third-order valence-corrected chi connectivity index (χ3v) is 7.28. The zero-order valence-electron chi connectivity index (χ0n) is 18.3. The average Bonchev–Trinajstić information content (AvgIpc) is 3.56. The molecule has 2 saturated heterocycles. The van der Waals surface area contributed by atoms with E-state index in [1.54, 1.807) is 18.4 Å². The molecule has 1 atom stereocenters. The van der Waals surface area contributed by atoms with Gasteiger partial charge in [-0.15, -0.1) is 10.2 Å². The second-order valence-corrected chi connectivity index (χ2v) is 9.19. The molecule has 0 bridgehead atoms. The Balaban J connectivity index is 1.19. The molecule has 2 aliphatic heterocycles. The molecule has 8 nitrogen and oxygen atoms in total. The van der Waals surface area contributed by atoms with E-state index < -0.39 is 0 Å². The first kappa shape index (κ1) is 20.8. The maximum Gasteiger partial charge on any atom is 0.227 e. The summed E-state index contributed by atoms with van der Waals surface area (Å²) in [5.41, 5.74) is 1.15. The number of hydrogen-bond acceptors (Lipinski definition) is 7. The number of aromatic nitrogens is 3. The van der Waals surface area contributed by atoms with Gasteiger partial charge in [0.1, 0.15) is 5.75 Å². The summed E-state index contributed by atoms with van der Waals surface area (Å²) in [5.74, 6) is 1.15. The Morgan fingerprint density at radius 2 is 1.78 bits per heavy atom. The molecule has 3 aromatic rings. The number of carbonyl (C=O) groups excluding carboxylic acids is 1. The van der Waals surface area contributed by atoms with Crippen LogP contribution in [0.3, 0.4) is 0 Å². The minimum Gasteiger partial charge on any atom is -0.497 e. The number of piperidine rings is 1. The van der Waals surface area contributed by atoms with Crippen molar-refractivity contribution in [1.29, 1.82) is 0 Å². The summed E-state index contributed by atoms with van der Waals surface area (Å²) in [6, 6.07) is 12.1. The predicted molar refractivity (Wildman–Crippen MR) is 126 cm³/mol. The average molecular weight is 453 g/mol. The van der Waals surface area contributed by atoms with Crippen LogP contribution in [0.25, 0.3) is 5.13 Å². The van der Waals surface area contributed by atoms with Gasteiger partial charge in [0.15, 0.2) is 0 Å². The van der Waals surface area contributed by atoms with Gasteiger partial charge in [-0.25, -0.2) is 0 Å². The van der Waals surface area contributed by atoms with Gasteiger partial charge < -0.3 is 19.4 Å². The fourth-order valence-corrected chi connectivity index (χ4v) is 5.35. The van der Waals surface area contributed by atoms with Crippen LogP contribution < -0.4 is 14.5 Å². The summed E-state index contributed by atoms with van der Waals surface area (Å²) >= 11 is 1.57. The number of piperazine rings is 1. The molecule has 0 aliphatic carbocycles. The number of methoxy groups -OCH3 is 1. The van der Waals surface area contributed by atoms with Crippen molar-refractivity contribution in [3.05, 3.63) is 48.8 Å². The van der Waals surface area contributed by atoms with E-state index in [0.717, 1.165) is 73.8 Å². The first-order valence-electron chi connectivity index (χ1n) is 11.1. The van der Waals surface area contributed by atoms with Gasteiger partial charge in [-0.05, 0) is 37.1 Å². The van der Waals surface area contributed by atoms with Crippen LogP contribution in [0.1, 0.15) is 12.8 Å². The van der Waals surface area contributed by atoms with Crippen molar-refractivity contribution in [3.8, 4) is 10.9 Å². The van der Waals surface area contributed by atoms with Crippen molar-refractivity contribution in [2.24, 2.45) is 5.92 Å². The molecule has 0 unspecified atom stereocenters. The molecule has 168 valence electrons. The van der Waals surface area contributed by atoms with Crippen LogP contribution in [0.4, 0.5) is 10.8 Å². The van der Waals surface area contributed by atoms with Crippen LogP contribution in [0.2, 0.25) is 0 Å². The number of anilines is 2. The fourth-order valence-electron chi connectivity index (χ4n) is 4.51. The van der Waals surface area contributed by atoms with Crippen LogP contribution >= 0.6 is 11.3 Å². The molecule has 2 fully saturated rings. The van der Waals surface area contributed by atoms with E-state index in [4.69, 9.17) is 4.74 Å². The number of nitrogens with zero attached hydrogens (tertiary/aromatic N) is 6. The van der Waals surface area contributed by atoms with Crippen LogP contribution in [0.15, 0.2) is 48.8 Å². The number of ether oxygens (including phenoxy) is 1. The largest absolute Gasteiger partial charge is 0.497 e. The number of carbonyl (C=O) groups is 1. The van der Waals surface area contributed by atoms with E-state index in [0.29, 0.717) is 0 Å². The minimum absolute atomic E-state index is 0.0195. The fraction of sp³-hybridized carbons (Fsp3) is 0.435. The highest BCUT2D eigenvalue weighted by Gasteiger charge is 2.32. The predicted octanol–water partition coefficient (Wildman–Crippen LogP) is 2.90. The van der Waals surface area contributed by atoms with Crippen LogP contribution in [0.5, 0.6) is 5.75 Å². The molecule has 2 aromatic heterocycles. The SMILES string of the molecule is COc1cccc(N2CCN(C(=O)[C@H]3CCCN(c4nnc(-n5cccc5)s4)C3)CC2)c1. The minimum atomic E-state index is 0.0195. The number of amides is 1. The third kappa shape index (κ3) is 4.29. The van der Waals surface area contributed by atoms with Gasteiger partial charge in [0.05, 0.1) is 13.0 Å². The molecule has 5 rings (SSSR count). The highest BCUT2D eigenvalue weighted by molar-refractivity contribution is 7.17. The smallest absolute Gasteiger partial charge is 0.227 e. The van der Waals surface area contributed by atoms with Crippen molar-refractivity contribution in [2.75, 3.05) is 56.2 Å². The summed E-state index contributed by atoms with van der Waals surface area (Å²) in [4.78, 5) is 19.9. The Kier molecular flexibility index (Phi) is 5.98. The summed E-state index contributed by atoms with van der Waals surface area (Å²) < 4.78 is 7.32. The van der Waals surface area contributed by atoms with Crippen molar-refractivity contribution in [2.45, 2.75) is 12.8 Å². The normalized spacial score (nSPS) is 19.3. The van der Waals surface area contributed by atoms with Gasteiger partial charge in [-0.1, -0.05) is 17.4 Å². The molecule has 0 saturated carbocycles. The van der Waals surface area contributed by atoms with E-state index in [1.165, 1.54) is 0 Å². The standard InChI is InChI=1S/C23H28N6O2S/c1-31-20-8-4-7-19(16-20)26-12-14-27(15-13-26)21(30)18-6-5-11-29(17-18)23-25-24-22(32-23)28-9-2-3-10-28/h2-4,7-10,16,18H,5-6,11-15,17H2,1H3/t18-/m0/s1. The van der Waals surface area contributed by atoms with E-state index >= 15 is 0 Å². The summed E-state index contributed by atoms with van der Waals surface area (Å²) in [5, 5.41) is 10.5. The lowest BCUT2D eigenvalue weighted by Crippen LogP contribution is -2.52. The van der Waals surface area contributed by atoms with Crippen molar-refractivity contribution >= 4 is 28.1 Å². The first-order valence-corrected chi connectivity index (χ1v) is 11.9. The van der Waals surface area contributed by atoms with E-state index in [2.05, 4.69) is 32.1 Å². The summed E-state index contributed by atoms with van der Waals surface area (Å²) in [7, 11) is 1.69. The Morgan fingerprint density at radius 1 is 1.00 bits per heavy atom. The van der Waals surface area contributed by atoms with Crippen molar-refractivity contribution in [3.63, 3.8) is 0 Å². The Labute approximate surface area is 192 Å². The number of benzene rings is 1. The Bertz CT molecular complexity index is 1040. The highest BCUT2D eigenvalue weighted by atomic mass is 32.1. The lowest BCUT2D eigenvalue weighted by atomic mass is 9.96. The van der Waals surface area contributed by atoms with Crippen molar-refractivity contribution in [1.82, 2.24) is 19.7 Å². The van der Waals surface area contributed by atoms with Gasteiger partial charge in [0, 0.05) is 63.4 Å². The van der Waals surface area contributed by atoms with Crippen LogP contribution in [-0.4, -0.2) is 71.9 Å². The highest BCUT2D eigenvalue weighted by Crippen LogP contribution is 2.29. The lowest BCUT2D eigenvalue weighted by molar-refractivity contribution is -0.136. The maximum atomic E-state index is 13.3. The Hall–Kier alpha value is -3.07. The molecule has 0 radical (unpaired) electrons. The second-order valence-electron chi connectivity index (χ2n) is 8.26. The van der Waals surface area contributed by atoms with Crippen LogP contribution in [0, 0.1) is 5.92 Å². The number of rotatable bonds is 5. The van der Waals surface area contributed by atoms with Gasteiger partial charge >= 0.3 is 0 Å². The molecule has 2 aliphatic rings. The first-order chi connectivity index (χ1) is 15.7. The zero-order valence-corrected chi connectivity index (χ0v) is 19.1. The maximum absolute atomic E-state index is 13.3. The molecule has 32 heavy (non-hydrogen) atoms. The summed E-state index contributed by atoms with van der Waals surface area (Å²) in [6.45, 7) is 4.83. The monoisotopic (exact) mass is 452 g/mol. The van der Waals surface area contributed by atoms with Gasteiger partial charge in [0.25, 0.3) is 0 Å². The molecular weight excluding hydrogens is 424 g/mol. The Morgan fingerprint density at radius 3 is 2.56 bits per heavy atom. The molecule has 4 heterocycles. The third-order valence-electron chi connectivity index (χ3n) is 6.28. The van der Waals surface area contributed by atoms with Gasteiger partial charge in [-0.2, -0.15) is 0 Å². The van der Waals surface area contributed by atoms with Gasteiger partial charge in [0.2, 0.25) is 16.2 Å². The zero-order chi connectivity index (χ0) is 21.9.